The van der Waals surface area contributed by atoms with Gasteiger partial charge in [0.25, 0.3) is 0 Å². The van der Waals surface area contributed by atoms with E-state index in [9.17, 15) is 5.11 Å². The standard InChI is InChI=1S/C13H20BrNOS/c1-13(2,15-5-3-4-6-15)12(16)8-11-7-10(14)9-17-11/h7,9,12,16H,3-6,8H2,1-2H3. The summed E-state index contributed by atoms with van der Waals surface area (Å²) in [5, 5.41) is 12.5. The van der Waals surface area contributed by atoms with Gasteiger partial charge in [-0.25, -0.2) is 0 Å². The van der Waals surface area contributed by atoms with E-state index in [-0.39, 0.29) is 11.6 Å². The maximum absolute atomic E-state index is 10.4. The van der Waals surface area contributed by atoms with Gasteiger partial charge in [0.05, 0.1) is 6.10 Å². The second kappa shape index (κ2) is 5.39. The van der Waals surface area contributed by atoms with Gasteiger partial charge in [0, 0.05) is 26.7 Å². The summed E-state index contributed by atoms with van der Waals surface area (Å²) < 4.78 is 1.11. The quantitative estimate of drug-likeness (QED) is 0.921. The van der Waals surface area contributed by atoms with Gasteiger partial charge in [-0.2, -0.15) is 0 Å². The van der Waals surface area contributed by atoms with Gasteiger partial charge in [0.15, 0.2) is 0 Å². The van der Waals surface area contributed by atoms with Crippen molar-refractivity contribution in [1.82, 2.24) is 4.90 Å². The topological polar surface area (TPSA) is 23.5 Å². The van der Waals surface area contributed by atoms with Crippen LogP contribution in [0.5, 0.6) is 0 Å². The zero-order valence-corrected chi connectivity index (χ0v) is 12.9. The molecule has 0 bridgehead atoms. The molecule has 96 valence electrons. The number of thiophene rings is 1. The van der Waals surface area contributed by atoms with E-state index in [4.69, 9.17) is 0 Å². The first-order valence-corrected chi connectivity index (χ1v) is 7.83. The number of nitrogens with zero attached hydrogens (tertiary/aromatic N) is 1. The fourth-order valence-corrected chi connectivity index (χ4v) is 3.89. The predicted molar refractivity (Wildman–Crippen MR) is 76.6 cm³/mol. The molecule has 1 aliphatic rings. The van der Waals surface area contributed by atoms with Crippen molar-refractivity contribution in [3.63, 3.8) is 0 Å². The van der Waals surface area contributed by atoms with Crippen LogP contribution in [0, 0.1) is 0 Å². The zero-order valence-electron chi connectivity index (χ0n) is 10.4. The zero-order chi connectivity index (χ0) is 12.5. The minimum atomic E-state index is -0.300. The van der Waals surface area contributed by atoms with E-state index < -0.39 is 0 Å². The van der Waals surface area contributed by atoms with Crippen LogP contribution < -0.4 is 0 Å². The Hall–Kier alpha value is 0.1000. The van der Waals surface area contributed by atoms with Gasteiger partial charge in [0.2, 0.25) is 0 Å². The van der Waals surface area contributed by atoms with Crippen molar-refractivity contribution in [1.29, 1.82) is 0 Å². The molecule has 1 aliphatic heterocycles. The normalized spacial score (nSPS) is 19.8. The molecule has 0 radical (unpaired) electrons. The third-order valence-electron chi connectivity index (χ3n) is 3.75. The molecule has 17 heavy (non-hydrogen) atoms. The Morgan fingerprint density at radius 3 is 2.65 bits per heavy atom. The first-order chi connectivity index (χ1) is 8.00. The Labute approximate surface area is 116 Å². The molecular formula is C13H20BrNOS. The van der Waals surface area contributed by atoms with Crippen LogP contribution >= 0.6 is 27.3 Å². The molecule has 4 heteroatoms. The molecule has 1 aromatic heterocycles. The van der Waals surface area contributed by atoms with Gasteiger partial charge < -0.3 is 5.11 Å². The highest BCUT2D eigenvalue weighted by Crippen LogP contribution is 2.28. The van der Waals surface area contributed by atoms with Gasteiger partial charge in [-0.3, -0.25) is 4.90 Å². The minimum absolute atomic E-state index is 0.118. The number of aliphatic hydroxyl groups excluding tert-OH is 1. The molecule has 1 N–H and O–H groups in total. The third kappa shape index (κ3) is 3.11. The van der Waals surface area contributed by atoms with Gasteiger partial charge in [0.1, 0.15) is 0 Å². The summed E-state index contributed by atoms with van der Waals surface area (Å²) >= 11 is 5.17. The number of hydrogen-bond donors (Lipinski definition) is 1. The molecule has 0 amide bonds. The van der Waals surface area contributed by atoms with Crippen molar-refractivity contribution in [2.75, 3.05) is 13.1 Å². The molecule has 0 spiro atoms. The average Bonchev–Trinajstić information content (AvgIpc) is 2.89. The van der Waals surface area contributed by atoms with E-state index in [2.05, 4.69) is 46.1 Å². The third-order valence-corrected chi connectivity index (χ3v) is 5.47. The summed E-state index contributed by atoms with van der Waals surface area (Å²) in [6.45, 7) is 6.56. The lowest BCUT2D eigenvalue weighted by atomic mass is 9.92. The van der Waals surface area contributed by atoms with Crippen LogP contribution in [0.4, 0.5) is 0 Å². The Kier molecular flexibility index (Phi) is 4.29. The van der Waals surface area contributed by atoms with Crippen molar-refractivity contribution in [2.24, 2.45) is 0 Å². The Balaban J connectivity index is 2.00. The van der Waals surface area contributed by atoms with Crippen LogP contribution in [0.2, 0.25) is 0 Å². The molecule has 1 fully saturated rings. The lowest BCUT2D eigenvalue weighted by Crippen LogP contribution is -2.51. The molecule has 2 rings (SSSR count). The van der Waals surface area contributed by atoms with Crippen molar-refractivity contribution < 1.29 is 5.11 Å². The minimum Gasteiger partial charge on any atom is -0.391 e. The monoisotopic (exact) mass is 317 g/mol. The SMILES string of the molecule is CC(C)(C(O)Cc1cc(Br)cs1)N1CCCC1. The molecule has 0 aromatic carbocycles. The van der Waals surface area contributed by atoms with Gasteiger partial charge in [-0.05, 0) is 61.8 Å². The van der Waals surface area contributed by atoms with E-state index in [0.29, 0.717) is 0 Å². The molecule has 2 heterocycles. The van der Waals surface area contributed by atoms with E-state index in [0.717, 1.165) is 24.0 Å². The van der Waals surface area contributed by atoms with E-state index >= 15 is 0 Å². The lowest BCUT2D eigenvalue weighted by Gasteiger charge is -2.39. The highest BCUT2D eigenvalue weighted by atomic mass is 79.9. The van der Waals surface area contributed by atoms with Gasteiger partial charge in [-0.1, -0.05) is 0 Å². The first-order valence-electron chi connectivity index (χ1n) is 6.16. The maximum Gasteiger partial charge on any atom is 0.0766 e. The van der Waals surface area contributed by atoms with Crippen LogP contribution in [0.25, 0.3) is 0 Å². The maximum atomic E-state index is 10.4. The number of likely N-dealkylation sites (tertiary alicyclic amines) is 1. The van der Waals surface area contributed by atoms with Crippen LogP contribution in [0.1, 0.15) is 31.6 Å². The summed E-state index contributed by atoms with van der Waals surface area (Å²) in [5.74, 6) is 0. The molecule has 1 aromatic rings. The molecule has 0 saturated carbocycles. The highest BCUT2D eigenvalue weighted by Gasteiger charge is 2.35. The van der Waals surface area contributed by atoms with Gasteiger partial charge in [-0.15, -0.1) is 11.3 Å². The van der Waals surface area contributed by atoms with Crippen molar-refractivity contribution in [3.05, 3.63) is 20.8 Å². The lowest BCUT2D eigenvalue weighted by molar-refractivity contribution is 0.00381. The summed E-state index contributed by atoms with van der Waals surface area (Å²) in [7, 11) is 0. The van der Waals surface area contributed by atoms with Crippen LogP contribution in [-0.4, -0.2) is 34.7 Å². The molecule has 1 unspecified atom stereocenters. The number of aliphatic hydroxyl groups is 1. The van der Waals surface area contributed by atoms with E-state index in [1.54, 1.807) is 11.3 Å². The summed E-state index contributed by atoms with van der Waals surface area (Å²) in [6.07, 6.45) is 2.98. The average molecular weight is 318 g/mol. The van der Waals surface area contributed by atoms with Crippen molar-refractivity contribution in [3.8, 4) is 0 Å². The highest BCUT2D eigenvalue weighted by molar-refractivity contribution is 9.10. The van der Waals surface area contributed by atoms with E-state index in [1.165, 1.54) is 17.7 Å². The van der Waals surface area contributed by atoms with E-state index in [1.807, 2.05) is 0 Å². The Morgan fingerprint density at radius 2 is 2.12 bits per heavy atom. The van der Waals surface area contributed by atoms with Crippen LogP contribution in [0.3, 0.4) is 0 Å². The smallest absolute Gasteiger partial charge is 0.0766 e. The second-order valence-corrected chi connectivity index (χ2v) is 7.21. The number of halogens is 1. The second-order valence-electron chi connectivity index (χ2n) is 5.30. The first kappa shape index (κ1) is 13.5. The predicted octanol–water partition coefficient (Wildman–Crippen LogP) is 3.29. The summed E-state index contributed by atoms with van der Waals surface area (Å²) in [4.78, 5) is 3.66. The molecule has 0 aliphatic carbocycles. The Morgan fingerprint density at radius 1 is 1.47 bits per heavy atom. The molecular weight excluding hydrogens is 298 g/mol. The van der Waals surface area contributed by atoms with Crippen LogP contribution in [0.15, 0.2) is 15.9 Å². The van der Waals surface area contributed by atoms with Crippen molar-refractivity contribution in [2.45, 2.75) is 44.8 Å². The Bertz CT molecular complexity index is 371. The number of hydrogen-bond acceptors (Lipinski definition) is 3. The fourth-order valence-electron chi connectivity index (χ4n) is 2.41. The van der Waals surface area contributed by atoms with Crippen LogP contribution in [-0.2, 0) is 6.42 Å². The van der Waals surface area contributed by atoms with Gasteiger partial charge >= 0.3 is 0 Å². The summed E-state index contributed by atoms with van der Waals surface area (Å²) in [6, 6.07) is 2.11. The molecule has 2 nitrogen and oxygen atoms in total. The number of rotatable bonds is 4. The van der Waals surface area contributed by atoms with Crippen molar-refractivity contribution >= 4 is 27.3 Å². The molecule has 1 atom stereocenters. The summed E-state index contributed by atoms with van der Waals surface area (Å²) in [5.41, 5.74) is -0.118. The fraction of sp³-hybridized carbons (Fsp3) is 0.692. The largest absolute Gasteiger partial charge is 0.391 e. The molecule has 1 saturated heterocycles.